The van der Waals surface area contributed by atoms with Crippen molar-refractivity contribution in [2.24, 2.45) is 0 Å². The van der Waals surface area contributed by atoms with Gasteiger partial charge in [-0.2, -0.15) is 5.06 Å². The summed E-state index contributed by atoms with van der Waals surface area (Å²) in [7, 11) is 0. The Balaban J connectivity index is 1.91. The van der Waals surface area contributed by atoms with Crippen LogP contribution in [0.15, 0.2) is 18.2 Å². The molecule has 2 N–H and O–H groups in total. The van der Waals surface area contributed by atoms with Crippen molar-refractivity contribution < 1.29 is 14.7 Å². The summed E-state index contributed by atoms with van der Waals surface area (Å²) in [5.41, 5.74) is 1.63. The van der Waals surface area contributed by atoms with Crippen LogP contribution in [0.2, 0.25) is 5.02 Å². The number of β-amino-alcohol motifs (C(OH)–C–C–N with tert-alkyl or cyclic N) is 1. The zero-order valence-corrected chi connectivity index (χ0v) is 10.8. The summed E-state index contributed by atoms with van der Waals surface area (Å²) in [5.74, 6) is -0.186. The van der Waals surface area contributed by atoms with Crippen molar-refractivity contribution in [2.75, 3.05) is 25.0 Å². The number of carbonyl (C=O) groups excluding carboxylic acids is 1. The summed E-state index contributed by atoms with van der Waals surface area (Å²) >= 11 is 5.84. The van der Waals surface area contributed by atoms with Gasteiger partial charge in [-0.1, -0.05) is 11.6 Å². The number of hydrogen-bond donors (Lipinski definition) is 2. The summed E-state index contributed by atoms with van der Waals surface area (Å²) in [6, 6.07) is 5.27. The van der Waals surface area contributed by atoms with Gasteiger partial charge in [0.1, 0.15) is 6.54 Å². The van der Waals surface area contributed by atoms with Crippen LogP contribution >= 0.6 is 11.6 Å². The molecular formula is C12H15ClN2O3. The number of benzene rings is 1. The number of aliphatic hydroxyl groups is 1. The summed E-state index contributed by atoms with van der Waals surface area (Å²) < 4.78 is 0. The van der Waals surface area contributed by atoms with E-state index in [9.17, 15) is 9.90 Å². The van der Waals surface area contributed by atoms with E-state index in [4.69, 9.17) is 16.4 Å². The molecule has 0 bridgehead atoms. The zero-order valence-electron chi connectivity index (χ0n) is 10.0. The lowest BCUT2D eigenvalue weighted by Gasteiger charge is -2.14. The average Bonchev–Trinajstić information content (AvgIpc) is 2.68. The van der Waals surface area contributed by atoms with Crippen molar-refractivity contribution in [3.8, 4) is 0 Å². The van der Waals surface area contributed by atoms with E-state index in [-0.39, 0.29) is 19.1 Å². The number of aliphatic hydroxyl groups excluding tert-OH is 1. The zero-order chi connectivity index (χ0) is 13.1. The lowest BCUT2D eigenvalue weighted by atomic mass is 10.2. The van der Waals surface area contributed by atoms with Crippen molar-refractivity contribution in [2.45, 2.75) is 13.0 Å². The Morgan fingerprint density at radius 3 is 3.06 bits per heavy atom. The fraction of sp³-hybridized carbons (Fsp3) is 0.417. The van der Waals surface area contributed by atoms with Gasteiger partial charge in [0, 0.05) is 10.7 Å². The molecule has 0 saturated carbocycles. The first-order chi connectivity index (χ1) is 8.54. The van der Waals surface area contributed by atoms with Crippen LogP contribution in [0, 0.1) is 6.92 Å². The van der Waals surface area contributed by atoms with Gasteiger partial charge in [0.2, 0.25) is 5.91 Å². The molecule has 0 aliphatic carbocycles. The van der Waals surface area contributed by atoms with Gasteiger partial charge >= 0.3 is 0 Å². The molecule has 1 saturated heterocycles. The molecule has 0 unspecified atom stereocenters. The fourth-order valence-corrected chi connectivity index (χ4v) is 1.99. The minimum Gasteiger partial charge on any atom is -0.389 e. The summed E-state index contributed by atoms with van der Waals surface area (Å²) in [6.45, 7) is 2.57. The largest absolute Gasteiger partial charge is 0.389 e. The van der Waals surface area contributed by atoms with Crippen molar-refractivity contribution in [1.29, 1.82) is 0 Å². The second-order valence-electron chi connectivity index (χ2n) is 4.28. The summed E-state index contributed by atoms with van der Waals surface area (Å²) in [4.78, 5) is 16.9. The second-order valence-corrected chi connectivity index (χ2v) is 4.72. The predicted octanol–water partition coefficient (Wildman–Crippen LogP) is 1.20. The van der Waals surface area contributed by atoms with Crippen LogP contribution in [0.4, 0.5) is 5.69 Å². The Morgan fingerprint density at radius 2 is 2.44 bits per heavy atom. The number of anilines is 1. The summed E-state index contributed by atoms with van der Waals surface area (Å²) in [6.07, 6.45) is -0.518. The molecule has 1 fully saturated rings. The van der Waals surface area contributed by atoms with E-state index >= 15 is 0 Å². The van der Waals surface area contributed by atoms with Crippen LogP contribution in [-0.2, 0) is 9.63 Å². The molecular weight excluding hydrogens is 256 g/mol. The fourth-order valence-electron chi connectivity index (χ4n) is 1.76. The molecule has 0 radical (unpaired) electrons. The normalized spacial score (nSPS) is 20.1. The maximum atomic E-state index is 11.8. The SMILES string of the molecule is Cc1cc(Cl)ccc1NC(=O)CN1C[C@@H](O)CO1. The van der Waals surface area contributed by atoms with Crippen LogP contribution in [0.3, 0.4) is 0 Å². The Morgan fingerprint density at radius 1 is 1.67 bits per heavy atom. The van der Waals surface area contributed by atoms with Gasteiger partial charge in [0.25, 0.3) is 0 Å². The molecule has 6 heteroatoms. The van der Waals surface area contributed by atoms with E-state index in [1.54, 1.807) is 18.2 Å². The molecule has 1 aromatic rings. The van der Waals surface area contributed by atoms with Crippen LogP contribution in [-0.4, -0.2) is 41.9 Å². The van der Waals surface area contributed by atoms with Gasteiger partial charge in [-0.25, -0.2) is 0 Å². The summed E-state index contributed by atoms with van der Waals surface area (Å²) in [5, 5.41) is 14.1. The molecule has 2 rings (SSSR count). The first-order valence-corrected chi connectivity index (χ1v) is 6.04. The molecule has 1 heterocycles. The second kappa shape index (κ2) is 5.67. The van der Waals surface area contributed by atoms with E-state index in [0.29, 0.717) is 11.6 Å². The lowest BCUT2D eigenvalue weighted by Crippen LogP contribution is -2.31. The van der Waals surface area contributed by atoms with Crippen LogP contribution in [0.5, 0.6) is 0 Å². The van der Waals surface area contributed by atoms with Crippen molar-refractivity contribution in [1.82, 2.24) is 5.06 Å². The van der Waals surface area contributed by atoms with Gasteiger partial charge in [-0.15, -0.1) is 0 Å². The van der Waals surface area contributed by atoms with Gasteiger partial charge in [-0.3, -0.25) is 9.63 Å². The maximum absolute atomic E-state index is 11.8. The van der Waals surface area contributed by atoms with E-state index in [1.807, 2.05) is 6.92 Å². The van der Waals surface area contributed by atoms with Gasteiger partial charge in [0.15, 0.2) is 0 Å². The standard InChI is InChI=1S/C12H15ClN2O3/c1-8-4-9(13)2-3-11(8)14-12(17)6-15-5-10(16)7-18-15/h2-4,10,16H,5-7H2,1H3,(H,14,17)/t10-/m1/s1. The highest BCUT2D eigenvalue weighted by molar-refractivity contribution is 6.30. The molecule has 98 valence electrons. The first-order valence-electron chi connectivity index (χ1n) is 5.66. The molecule has 1 aromatic carbocycles. The Bertz CT molecular complexity index is 453. The Hall–Kier alpha value is -1.14. The number of hydroxylamine groups is 2. The molecule has 1 amide bonds. The third-order valence-electron chi connectivity index (χ3n) is 2.65. The average molecular weight is 271 g/mol. The van der Waals surface area contributed by atoms with Crippen molar-refractivity contribution in [3.63, 3.8) is 0 Å². The first kappa shape index (κ1) is 13.3. The predicted molar refractivity (Wildman–Crippen MR) is 68.4 cm³/mol. The minimum absolute atomic E-state index is 0.0964. The lowest BCUT2D eigenvalue weighted by molar-refractivity contribution is -0.138. The highest BCUT2D eigenvalue weighted by Gasteiger charge is 2.23. The van der Waals surface area contributed by atoms with Crippen molar-refractivity contribution >= 4 is 23.2 Å². The number of hydrogen-bond acceptors (Lipinski definition) is 4. The monoisotopic (exact) mass is 270 g/mol. The van der Waals surface area contributed by atoms with E-state index in [0.717, 1.165) is 11.3 Å². The number of carbonyl (C=O) groups is 1. The molecule has 5 nitrogen and oxygen atoms in total. The quantitative estimate of drug-likeness (QED) is 0.866. The number of halogens is 1. The number of rotatable bonds is 3. The van der Waals surface area contributed by atoms with Gasteiger partial charge in [-0.05, 0) is 30.7 Å². The Labute approximate surface area is 110 Å². The molecule has 1 atom stereocenters. The molecule has 0 spiro atoms. The highest BCUT2D eigenvalue weighted by atomic mass is 35.5. The van der Waals surface area contributed by atoms with Gasteiger partial charge < -0.3 is 10.4 Å². The van der Waals surface area contributed by atoms with Crippen LogP contribution in [0.1, 0.15) is 5.56 Å². The molecule has 1 aliphatic rings. The smallest absolute Gasteiger partial charge is 0.241 e. The van der Waals surface area contributed by atoms with E-state index in [2.05, 4.69) is 5.32 Å². The van der Waals surface area contributed by atoms with Gasteiger partial charge in [0.05, 0.1) is 19.3 Å². The number of nitrogens with zero attached hydrogens (tertiary/aromatic N) is 1. The number of aryl methyl sites for hydroxylation is 1. The minimum atomic E-state index is -0.518. The molecule has 1 aliphatic heterocycles. The molecule has 0 aromatic heterocycles. The highest BCUT2D eigenvalue weighted by Crippen LogP contribution is 2.19. The maximum Gasteiger partial charge on any atom is 0.241 e. The number of nitrogens with one attached hydrogen (secondary N) is 1. The van der Waals surface area contributed by atoms with Crippen molar-refractivity contribution in [3.05, 3.63) is 28.8 Å². The van der Waals surface area contributed by atoms with E-state index in [1.165, 1.54) is 5.06 Å². The van der Waals surface area contributed by atoms with Crippen LogP contribution < -0.4 is 5.32 Å². The third-order valence-corrected chi connectivity index (χ3v) is 2.88. The topological polar surface area (TPSA) is 61.8 Å². The van der Waals surface area contributed by atoms with Crippen LogP contribution in [0.25, 0.3) is 0 Å². The third kappa shape index (κ3) is 3.43. The molecule has 18 heavy (non-hydrogen) atoms. The van der Waals surface area contributed by atoms with E-state index < -0.39 is 6.10 Å². The Kier molecular flexibility index (Phi) is 4.19. The number of amides is 1.